The summed E-state index contributed by atoms with van der Waals surface area (Å²) in [5.74, 6) is 1.02. The lowest BCUT2D eigenvalue weighted by Crippen LogP contribution is -2.47. The lowest BCUT2D eigenvalue weighted by atomic mass is 9.87. The van der Waals surface area contributed by atoms with Crippen LogP contribution in [0.4, 0.5) is 4.39 Å². The third-order valence-corrected chi connectivity index (χ3v) is 10.6. The molecular formula is C34H47Cl3FN3O3S. The number of carbonyl (C=O) groups is 1. The molecule has 5 rings (SSSR count). The van der Waals surface area contributed by atoms with Crippen LogP contribution in [0.3, 0.4) is 0 Å². The van der Waals surface area contributed by atoms with Gasteiger partial charge in [0.05, 0.1) is 12.1 Å². The molecule has 2 aliphatic rings. The number of methoxy groups -OCH3 is 1. The van der Waals surface area contributed by atoms with Crippen molar-refractivity contribution in [3.8, 4) is 5.75 Å². The van der Waals surface area contributed by atoms with Crippen LogP contribution in [-0.2, 0) is 11.2 Å². The zero-order valence-corrected chi connectivity index (χ0v) is 29.7. The minimum Gasteiger partial charge on any atom is -0.497 e. The molecule has 0 radical (unpaired) electrons. The van der Waals surface area contributed by atoms with Crippen molar-refractivity contribution in [1.29, 1.82) is 0 Å². The van der Waals surface area contributed by atoms with Gasteiger partial charge in [0, 0.05) is 30.1 Å². The van der Waals surface area contributed by atoms with Crippen molar-refractivity contribution < 1.29 is 19.0 Å². The molecule has 0 spiro atoms. The number of aliphatic carboxylic acids is 1. The summed E-state index contributed by atoms with van der Waals surface area (Å²) < 4.78 is 19.5. The van der Waals surface area contributed by atoms with Gasteiger partial charge in [-0.1, -0.05) is 38.1 Å². The molecule has 0 amide bonds. The van der Waals surface area contributed by atoms with Gasteiger partial charge in [0.25, 0.3) is 0 Å². The SMILES string of the molecule is COc1ccc(Cc2ncc(C3CCN(CC4CC(N(C)[C@@H](C(=O)O)C(C)C)CC4c4cccc(F)c4)CC3)s2)cc1.Cl.Cl.Cl. The molecule has 1 aliphatic carbocycles. The van der Waals surface area contributed by atoms with Crippen molar-refractivity contribution in [2.45, 2.75) is 69.9 Å². The predicted molar refractivity (Wildman–Crippen MR) is 188 cm³/mol. The number of carboxylic acid groups (broad SMARTS) is 1. The first-order chi connectivity index (χ1) is 20.2. The van der Waals surface area contributed by atoms with E-state index in [0.29, 0.717) is 11.8 Å². The molecule has 11 heteroatoms. The second-order valence-corrected chi connectivity index (χ2v) is 13.6. The summed E-state index contributed by atoms with van der Waals surface area (Å²) in [6.07, 6.45) is 6.92. The monoisotopic (exact) mass is 701 g/mol. The summed E-state index contributed by atoms with van der Waals surface area (Å²) in [6.45, 7) is 6.98. The first-order valence-electron chi connectivity index (χ1n) is 15.2. The highest BCUT2D eigenvalue weighted by molar-refractivity contribution is 7.11. The minimum absolute atomic E-state index is 0. The van der Waals surface area contributed by atoms with Gasteiger partial charge in [0.2, 0.25) is 0 Å². The molecule has 2 heterocycles. The van der Waals surface area contributed by atoms with Crippen LogP contribution in [-0.4, -0.2) is 71.7 Å². The summed E-state index contributed by atoms with van der Waals surface area (Å²) in [7, 11) is 3.64. The van der Waals surface area contributed by atoms with Gasteiger partial charge in [0.1, 0.15) is 17.6 Å². The van der Waals surface area contributed by atoms with Crippen LogP contribution >= 0.6 is 48.6 Å². The molecule has 2 aromatic carbocycles. The van der Waals surface area contributed by atoms with Gasteiger partial charge in [-0.15, -0.1) is 48.6 Å². The van der Waals surface area contributed by atoms with E-state index in [0.717, 1.165) is 68.1 Å². The summed E-state index contributed by atoms with van der Waals surface area (Å²) in [5.41, 5.74) is 2.28. The Kier molecular flexibility index (Phi) is 15.5. The van der Waals surface area contributed by atoms with Crippen LogP contribution in [0.2, 0.25) is 0 Å². The summed E-state index contributed by atoms with van der Waals surface area (Å²) in [6, 6.07) is 14.9. The van der Waals surface area contributed by atoms with E-state index in [1.54, 1.807) is 19.2 Å². The third-order valence-electron chi connectivity index (χ3n) is 9.41. The van der Waals surface area contributed by atoms with E-state index < -0.39 is 12.0 Å². The number of halogens is 4. The average Bonchev–Trinajstić information content (AvgIpc) is 3.61. The number of aromatic nitrogens is 1. The highest BCUT2D eigenvalue weighted by Crippen LogP contribution is 2.44. The molecule has 1 aromatic heterocycles. The number of thiazole rings is 1. The number of nitrogens with zero attached hydrogens (tertiary/aromatic N) is 3. The normalized spacial score (nSPS) is 21.1. The molecule has 45 heavy (non-hydrogen) atoms. The standard InChI is InChI=1S/C34H44FN3O3S.3ClH/c1-22(2)33(34(39)40)37(3)28-18-26(30(19-28)25-6-5-7-27(35)17-25)21-38-14-12-24(13-15-38)31-20-36-32(42-31)16-23-8-10-29(41-4)11-9-23;;;/h5-11,17,20,22,24,26,28,30,33H,12-16,18-19,21H2,1-4H3,(H,39,40);3*1H/t26?,28?,30?,33-;;;/m1.../s1. The van der Waals surface area contributed by atoms with Gasteiger partial charge in [-0.3, -0.25) is 9.69 Å². The molecule has 1 N–H and O–H groups in total. The zero-order chi connectivity index (χ0) is 29.8. The van der Waals surface area contributed by atoms with E-state index in [2.05, 4.69) is 28.1 Å². The molecular weight excluding hydrogens is 656 g/mol. The molecule has 1 saturated heterocycles. The van der Waals surface area contributed by atoms with Crippen molar-refractivity contribution in [3.05, 3.63) is 81.6 Å². The first-order valence-corrected chi connectivity index (χ1v) is 16.0. The van der Waals surface area contributed by atoms with Gasteiger partial charge >= 0.3 is 5.97 Å². The molecule has 1 saturated carbocycles. The van der Waals surface area contributed by atoms with Crippen molar-refractivity contribution in [2.75, 3.05) is 33.8 Å². The van der Waals surface area contributed by atoms with Crippen molar-refractivity contribution in [3.63, 3.8) is 0 Å². The van der Waals surface area contributed by atoms with E-state index in [1.165, 1.54) is 16.5 Å². The number of hydrogen-bond donors (Lipinski definition) is 1. The van der Waals surface area contributed by atoms with Crippen LogP contribution in [0.15, 0.2) is 54.7 Å². The smallest absolute Gasteiger partial charge is 0.321 e. The lowest BCUT2D eigenvalue weighted by molar-refractivity contribution is -0.145. The fourth-order valence-corrected chi connectivity index (χ4v) is 8.30. The van der Waals surface area contributed by atoms with Crippen LogP contribution in [0.25, 0.3) is 0 Å². The van der Waals surface area contributed by atoms with Gasteiger partial charge in [-0.2, -0.15) is 0 Å². The number of likely N-dealkylation sites (N-methyl/N-ethyl adjacent to an activating group) is 1. The number of ether oxygens (including phenoxy) is 1. The Hall–Kier alpha value is -1.94. The predicted octanol–water partition coefficient (Wildman–Crippen LogP) is 7.93. The van der Waals surface area contributed by atoms with Crippen LogP contribution in [0.1, 0.15) is 72.4 Å². The Morgan fingerprint density at radius 3 is 2.40 bits per heavy atom. The largest absolute Gasteiger partial charge is 0.497 e. The van der Waals surface area contributed by atoms with E-state index in [1.807, 2.05) is 50.4 Å². The molecule has 4 atom stereocenters. The number of likely N-dealkylation sites (tertiary alicyclic amines) is 1. The van der Waals surface area contributed by atoms with Gasteiger partial charge < -0.3 is 14.7 Å². The molecule has 250 valence electrons. The highest BCUT2D eigenvalue weighted by atomic mass is 35.5. The van der Waals surface area contributed by atoms with Crippen molar-refractivity contribution in [1.82, 2.24) is 14.8 Å². The molecule has 3 aromatic rings. The molecule has 2 fully saturated rings. The van der Waals surface area contributed by atoms with Gasteiger partial charge in [0.15, 0.2) is 0 Å². The second-order valence-electron chi connectivity index (χ2n) is 12.5. The van der Waals surface area contributed by atoms with Crippen molar-refractivity contribution in [2.24, 2.45) is 11.8 Å². The number of hydrogen-bond acceptors (Lipinski definition) is 6. The third kappa shape index (κ3) is 9.78. The first kappa shape index (κ1) is 39.2. The fourth-order valence-electron chi connectivity index (χ4n) is 7.18. The lowest BCUT2D eigenvalue weighted by Gasteiger charge is -2.35. The molecule has 6 nitrogen and oxygen atoms in total. The number of rotatable bonds is 11. The highest BCUT2D eigenvalue weighted by Gasteiger charge is 2.41. The Labute approximate surface area is 290 Å². The molecule has 3 unspecified atom stereocenters. The molecule has 0 bridgehead atoms. The van der Waals surface area contributed by atoms with Crippen LogP contribution < -0.4 is 4.74 Å². The van der Waals surface area contributed by atoms with E-state index in [9.17, 15) is 14.3 Å². The second kappa shape index (κ2) is 17.8. The zero-order valence-electron chi connectivity index (χ0n) is 26.4. The van der Waals surface area contributed by atoms with Gasteiger partial charge in [-0.25, -0.2) is 9.37 Å². The number of benzene rings is 2. The average molecular weight is 703 g/mol. The Balaban J connectivity index is 0.00000235. The number of carboxylic acids is 1. The Bertz CT molecular complexity index is 1340. The Morgan fingerprint density at radius 1 is 1.11 bits per heavy atom. The maximum Gasteiger partial charge on any atom is 0.321 e. The maximum atomic E-state index is 14.3. The van der Waals surface area contributed by atoms with Crippen LogP contribution in [0, 0.1) is 17.7 Å². The topological polar surface area (TPSA) is 65.9 Å². The summed E-state index contributed by atoms with van der Waals surface area (Å²) >= 11 is 1.84. The maximum absolute atomic E-state index is 14.3. The summed E-state index contributed by atoms with van der Waals surface area (Å²) in [5, 5.41) is 11.1. The minimum atomic E-state index is -0.768. The van der Waals surface area contributed by atoms with Crippen LogP contribution in [0.5, 0.6) is 5.75 Å². The number of piperidine rings is 1. The van der Waals surface area contributed by atoms with E-state index >= 15 is 0 Å². The van der Waals surface area contributed by atoms with Gasteiger partial charge in [-0.05, 0) is 105 Å². The quantitative estimate of drug-likeness (QED) is 0.219. The fraction of sp³-hybridized carbons (Fsp3) is 0.529. The van der Waals surface area contributed by atoms with Crippen molar-refractivity contribution >= 4 is 54.5 Å². The van der Waals surface area contributed by atoms with E-state index in [4.69, 9.17) is 9.72 Å². The summed E-state index contributed by atoms with van der Waals surface area (Å²) in [4.78, 5) is 22.9. The Morgan fingerprint density at radius 2 is 1.80 bits per heavy atom. The van der Waals surface area contributed by atoms with E-state index in [-0.39, 0.29) is 60.9 Å². The molecule has 1 aliphatic heterocycles.